The molecule has 1 fully saturated rings. The molecule has 31 heavy (non-hydrogen) atoms. The number of H-pyrrole nitrogens is 1. The van der Waals surface area contributed by atoms with E-state index in [4.69, 9.17) is 10.9 Å². The molecule has 0 radical (unpaired) electrons. The number of aromatic nitrogens is 5. The van der Waals surface area contributed by atoms with Crippen molar-refractivity contribution in [2.45, 2.75) is 27.9 Å². The maximum absolute atomic E-state index is 13.4. The molecule has 0 saturated carbocycles. The number of sulfone groups is 1. The molecule has 1 aliphatic rings. The maximum Gasteiger partial charge on any atom is 0.240 e. The summed E-state index contributed by atoms with van der Waals surface area (Å²) in [5, 5.41) is 21.4. The van der Waals surface area contributed by atoms with Crippen LogP contribution in [0.25, 0.3) is 22.5 Å². The molecule has 3 heterocycles. The Morgan fingerprint density at radius 3 is 2.35 bits per heavy atom. The summed E-state index contributed by atoms with van der Waals surface area (Å²) in [7, 11) is -8.53. The molecule has 164 valence electrons. The van der Waals surface area contributed by atoms with E-state index in [-0.39, 0.29) is 22.1 Å². The number of hydrogen-bond donors (Lipinski definition) is 4. The first-order chi connectivity index (χ1) is 14.7. The Morgan fingerprint density at radius 1 is 1.03 bits per heavy atom. The Balaban J connectivity index is 2.05. The zero-order valence-corrected chi connectivity index (χ0v) is 17.8. The lowest BCUT2D eigenvalue weighted by atomic mass is 10.0. The Bertz CT molecular complexity index is 1300. The average Bonchev–Trinajstić information content (AvgIpc) is 3.28. The molecule has 12 nitrogen and oxygen atoms in total. The van der Waals surface area contributed by atoms with Gasteiger partial charge >= 0.3 is 0 Å². The molecule has 0 bridgehead atoms. The third kappa shape index (κ3) is 4.01. The van der Waals surface area contributed by atoms with Crippen molar-refractivity contribution < 1.29 is 16.8 Å². The first kappa shape index (κ1) is 21.3. The number of tetrazole rings is 1. The summed E-state index contributed by atoms with van der Waals surface area (Å²) >= 11 is 0. The minimum absolute atomic E-state index is 0.0715. The van der Waals surface area contributed by atoms with Crippen LogP contribution in [0.3, 0.4) is 0 Å². The van der Waals surface area contributed by atoms with E-state index < -0.39 is 30.0 Å². The molecule has 14 heteroatoms. The van der Waals surface area contributed by atoms with Crippen molar-refractivity contribution in [3.05, 3.63) is 30.5 Å². The number of pyridine rings is 1. The number of nitrogens with zero attached hydrogens (tertiary/aromatic N) is 4. The van der Waals surface area contributed by atoms with Gasteiger partial charge in [-0.05, 0) is 54.9 Å². The number of primary sulfonamides is 1. The molecule has 4 rings (SSSR count). The van der Waals surface area contributed by atoms with Gasteiger partial charge in [0.1, 0.15) is 10.7 Å². The topological polar surface area (TPSA) is 200 Å². The summed E-state index contributed by atoms with van der Waals surface area (Å²) in [6, 6.07) is 5.90. The molecule has 0 atom stereocenters. The van der Waals surface area contributed by atoms with Gasteiger partial charge in [0.25, 0.3) is 0 Å². The Kier molecular flexibility index (Phi) is 5.47. The van der Waals surface area contributed by atoms with Crippen molar-refractivity contribution in [1.29, 1.82) is 0 Å². The van der Waals surface area contributed by atoms with Gasteiger partial charge < -0.3 is 11.1 Å². The first-order valence-electron chi connectivity index (χ1n) is 9.29. The van der Waals surface area contributed by atoms with Crippen molar-refractivity contribution in [3.63, 3.8) is 0 Å². The predicted molar refractivity (Wildman–Crippen MR) is 112 cm³/mol. The van der Waals surface area contributed by atoms with Crippen LogP contribution in [0.15, 0.2) is 40.3 Å². The number of hydrogen-bond acceptors (Lipinski definition) is 10. The molecule has 2 aromatic heterocycles. The summed E-state index contributed by atoms with van der Waals surface area (Å²) in [4.78, 5) is 3.07. The van der Waals surface area contributed by atoms with Crippen LogP contribution in [0.5, 0.6) is 0 Å². The lowest BCUT2D eigenvalue weighted by Gasteiger charge is -2.24. The highest BCUT2D eigenvalue weighted by molar-refractivity contribution is 7.94. The monoisotopic (exact) mass is 464 g/mol. The molecule has 6 N–H and O–H groups in total. The second kappa shape index (κ2) is 7.96. The molecule has 0 unspecified atom stereocenters. The normalized spacial score (nSPS) is 15.8. The second-order valence-corrected chi connectivity index (χ2v) is 10.8. The quantitative estimate of drug-likeness (QED) is 0.388. The van der Waals surface area contributed by atoms with Gasteiger partial charge in [0.2, 0.25) is 15.8 Å². The van der Waals surface area contributed by atoms with Gasteiger partial charge in [-0.25, -0.2) is 27.0 Å². The van der Waals surface area contributed by atoms with Crippen molar-refractivity contribution in [2.24, 2.45) is 5.14 Å². The molecule has 0 amide bonds. The molecule has 1 saturated heterocycles. The van der Waals surface area contributed by atoms with Crippen LogP contribution in [-0.4, -0.2) is 60.8 Å². The van der Waals surface area contributed by atoms with Crippen LogP contribution in [0.2, 0.25) is 0 Å². The highest BCUT2D eigenvalue weighted by atomic mass is 32.2. The molecule has 1 aromatic carbocycles. The van der Waals surface area contributed by atoms with Gasteiger partial charge in [0.15, 0.2) is 9.84 Å². The van der Waals surface area contributed by atoms with E-state index >= 15 is 0 Å². The van der Waals surface area contributed by atoms with Gasteiger partial charge in [0.05, 0.1) is 15.7 Å². The summed E-state index contributed by atoms with van der Waals surface area (Å²) in [5.74, 6) is 0.153. The summed E-state index contributed by atoms with van der Waals surface area (Å²) in [6.07, 6.45) is 2.14. The number of anilines is 1. The van der Waals surface area contributed by atoms with Crippen LogP contribution in [-0.2, 0) is 19.9 Å². The minimum atomic E-state index is -4.51. The predicted octanol–water partition coefficient (Wildman–Crippen LogP) is -0.316. The van der Waals surface area contributed by atoms with Gasteiger partial charge in [-0.2, -0.15) is 5.21 Å². The smallest absolute Gasteiger partial charge is 0.240 e. The van der Waals surface area contributed by atoms with Crippen LogP contribution in [0.4, 0.5) is 5.82 Å². The fraction of sp³-hybridized carbons (Fsp3) is 0.294. The Hall–Kier alpha value is -2.94. The van der Waals surface area contributed by atoms with Crippen molar-refractivity contribution in [3.8, 4) is 22.5 Å². The molecule has 1 aliphatic heterocycles. The summed E-state index contributed by atoms with van der Waals surface area (Å²) < 4.78 is 52.3. The van der Waals surface area contributed by atoms with Crippen molar-refractivity contribution in [1.82, 2.24) is 30.9 Å². The van der Waals surface area contributed by atoms with Crippen LogP contribution >= 0.6 is 0 Å². The highest BCUT2D eigenvalue weighted by Crippen LogP contribution is 2.40. The summed E-state index contributed by atoms with van der Waals surface area (Å²) in [6.45, 7) is 1.03. The van der Waals surface area contributed by atoms with E-state index in [1.165, 1.54) is 24.4 Å². The molecule has 0 aliphatic carbocycles. The lowest BCUT2D eigenvalue weighted by molar-refractivity contribution is 0.495. The van der Waals surface area contributed by atoms with Crippen molar-refractivity contribution >= 4 is 25.7 Å². The highest BCUT2D eigenvalue weighted by Gasteiger charge is 2.36. The van der Waals surface area contributed by atoms with Crippen LogP contribution < -0.4 is 16.2 Å². The number of nitrogen functional groups attached to an aromatic ring is 1. The fourth-order valence-electron chi connectivity index (χ4n) is 3.65. The van der Waals surface area contributed by atoms with E-state index in [2.05, 4.69) is 30.9 Å². The number of rotatable bonds is 5. The lowest BCUT2D eigenvalue weighted by Crippen LogP contribution is -2.36. The van der Waals surface area contributed by atoms with E-state index in [0.29, 0.717) is 37.1 Å². The first-order valence-corrected chi connectivity index (χ1v) is 12.4. The fourth-order valence-corrected chi connectivity index (χ4v) is 7.02. The SMILES string of the molecule is Nc1ccc(-c2ccc(S(=O)(=O)C3CCNCC3)c(S(N)(=O)=O)c2-c2nn[nH]n2)cn1. The average molecular weight is 465 g/mol. The molecule has 3 aromatic rings. The maximum atomic E-state index is 13.4. The number of nitrogens with two attached hydrogens (primary N) is 2. The largest absolute Gasteiger partial charge is 0.384 e. The Morgan fingerprint density at radius 2 is 1.77 bits per heavy atom. The summed E-state index contributed by atoms with van der Waals surface area (Å²) in [5.41, 5.74) is 6.38. The van der Waals surface area contributed by atoms with E-state index in [0.717, 1.165) is 0 Å². The zero-order valence-electron chi connectivity index (χ0n) is 16.2. The third-order valence-electron chi connectivity index (χ3n) is 5.10. The van der Waals surface area contributed by atoms with Crippen LogP contribution in [0, 0.1) is 0 Å². The Labute approximate surface area is 178 Å². The van der Waals surface area contributed by atoms with Crippen molar-refractivity contribution in [2.75, 3.05) is 18.8 Å². The van der Waals surface area contributed by atoms with E-state index in [1.54, 1.807) is 6.07 Å². The number of nitrogens with one attached hydrogen (secondary N) is 2. The van der Waals surface area contributed by atoms with E-state index in [9.17, 15) is 16.8 Å². The number of benzene rings is 1. The molecular formula is C17H20N8O4S2. The minimum Gasteiger partial charge on any atom is -0.384 e. The third-order valence-corrected chi connectivity index (χ3v) is 8.53. The van der Waals surface area contributed by atoms with Gasteiger partial charge in [-0.1, -0.05) is 6.07 Å². The van der Waals surface area contributed by atoms with Gasteiger partial charge in [0, 0.05) is 11.8 Å². The number of aromatic amines is 1. The van der Waals surface area contributed by atoms with Crippen LogP contribution in [0.1, 0.15) is 12.8 Å². The van der Waals surface area contributed by atoms with E-state index in [1.807, 2.05) is 0 Å². The standard InChI is InChI=1S/C17H20N8O4S2/c18-14-4-1-10(9-21-14)12-2-3-13(30(26,27)11-5-7-20-8-6-11)16(31(19,28)29)15(12)17-22-24-25-23-17/h1-4,9,11,20H,5-8H2,(H2,18,21)(H2,19,28,29)(H,22,23,24,25). The second-order valence-electron chi connectivity index (χ2n) is 7.06. The van der Waals surface area contributed by atoms with Gasteiger partial charge in [-0.3, -0.25) is 0 Å². The number of sulfonamides is 1. The zero-order chi connectivity index (χ0) is 22.2. The van der Waals surface area contributed by atoms with Gasteiger partial charge in [-0.15, -0.1) is 10.2 Å². The molecule has 0 spiro atoms. The molecular weight excluding hydrogens is 444 g/mol. The number of piperidine rings is 1.